The second-order valence-corrected chi connectivity index (χ2v) is 5.55. The van der Waals surface area contributed by atoms with E-state index in [1.165, 1.54) is 56.9 Å². The van der Waals surface area contributed by atoms with E-state index in [1.54, 1.807) is 6.07 Å². The molecule has 0 bridgehead atoms. The van der Waals surface area contributed by atoms with Crippen LogP contribution in [-0.2, 0) is 11.2 Å². The molecule has 1 N–H and O–H groups in total. The van der Waals surface area contributed by atoms with Crippen LogP contribution in [0.3, 0.4) is 0 Å². The summed E-state index contributed by atoms with van der Waals surface area (Å²) in [6.07, 6.45) is 11.6. The molecule has 0 aromatic heterocycles. The highest BCUT2D eigenvalue weighted by Crippen LogP contribution is 2.16. The van der Waals surface area contributed by atoms with E-state index >= 15 is 0 Å². The van der Waals surface area contributed by atoms with Crippen molar-refractivity contribution in [3.05, 3.63) is 29.8 Å². The Labute approximate surface area is 128 Å². The van der Waals surface area contributed by atoms with Crippen molar-refractivity contribution < 1.29 is 14.6 Å². The Morgan fingerprint density at radius 3 is 2.38 bits per heavy atom. The topological polar surface area (TPSA) is 46.5 Å². The van der Waals surface area contributed by atoms with E-state index in [2.05, 4.69) is 13.0 Å². The number of aryl methyl sites for hydroxylation is 1. The number of carboxylic acids is 1. The molecular formula is C18H28O3. The van der Waals surface area contributed by atoms with Crippen molar-refractivity contribution >= 4 is 5.97 Å². The predicted octanol–water partition coefficient (Wildman–Crippen LogP) is 4.83. The number of carboxylic acid groups (broad SMARTS) is 1. The third-order valence-corrected chi connectivity index (χ3v) is 3.58. The molecule has 1 rings (SSSR count). The van der Waals surface area contributed by atoms with Crippen molar-refractivity contribution in [1.29, 1.82) is 0 Å². The van der Waals surface area contributed by atoms with Crippen LogP contribution < -0.4 is 4.74 Å². The smallest absolute Gasteiger partial charge is 0.341 e. The minimum Gasteiger partial charge on any atom is -0.482 e. The van der Waals surface area contributed by atoms with Gasteiger partial charge in [-0.1, -0.05) is 64.0 Å². The van der Waals surface area contributed by atoms with Gasteiger partial charge in [0.05, 0.1) is 0 Å². The summed E-state index contributed by atoms with van der Waals surface area (Å²) in [7, 11) is 0. The molecule has 1 aromatic carbocycles. The fourth-order valence-corrected chi connectivity index (χ4v) is 2.40. The summed E-state index contributed by atoms with van der Waals surface area (Å²) in [6, 6.07) is 7.76. The van der Waals surface area contributed by atoms with Crippen LogP contribution in [0.25, 0.3) is 0 Å². The fourth-order valence-electron chi connectivity index (χ4n) is 2.40. The molecule has 0 radical (unpaired) electrons. The van der Waals surface area contributed by atoms with Crippen LogP contribution >= 0.6 is 0 Å². The number of aliphatic carboxylic acids is 1. The molecule has 21 heavy (non-hydrogen) atoms. The number of benzene rings is 1. The average Bonchev–Trinajstić information content (AvgIpc) is 2.48. The molecule has 0 atom stereocenters. The Balaban J connectivity index is 2.14. The molecule has 0 aliphatic heterocycles. The van der Waals surface area contributed by atoms with Crippen molar-refractivity contribution in [3.8, 4) is 5.75 Å². The molecule has 118 valence electrons. The zero-order valence-corrected chi connectivity index (χ0v) is 13.1. The van der Waals surface area contributed by atoms with Crippen molar-refractivity contribution in [1.82, 2.24) is 0 Å². The lowest BCUT2D eigenvalue weighted by Crippen LogP contribution is -2.09. The van der Waals surface area contributed by atoms with Crippen molar-refractivity contribution in [3.63, 3.8) is 0 Å². The first kappa shape index (κ1) is 17.5. The highest BCUT2D eigenvalue weighted by Gasteiger charge is 2.01. The van der Waals surface area contributed by atoms with Crippen molar-refractivity contribution in [2.24, 2.45) is 0 Å². The Hall–Kier alpha value is -1.51. The maximum atomic E-state index is 10.5. The van der Waals surface area contributed by atoms with Crippen LogP contribution in [0.4, 0.5) is 0 Å². The number of hydrogen-bond donors (Lipinski definition) is 1. The van der Waals surface area contributed by atoms with Crippen LogP contribution in [0, 0.1) is 0 Å². The van der Waals surface area contributed by atoms with Gasteiger partial charge in [0.1, 0.15) is 5.75 Å². The predicted molar refractivity (Wildman–Crippen MR) is 85.9 cm³/mol. The van der Waals surface area contributed by atoms with Crippen molar-refractivity contribution in [2.45, 2.75) is 64.7 Å². The van der Waals surface area contributed by atoms with Crippen molar-refractivity contribution in [2.75, 3.05) is 6.61 Å². The average molecular weight is 292 g/mol. The van der Waals surface area contributed by atoms with Gasteiger partial charge in [-0.2, -0.15) is 0 Å². The van der Waals surface area contributed by atoms with E-state index in [-0.39, 0.29) is 6.61 Å². The third kappa shape index (κ3) is 9.11. The lowest BCUT2D eigenvalue weighted by molar-refractivity contribution is -0.139. The number of hydrogen-bond acceptors (Lipinski definition) is 2. The van der Waals surface area contributed by atoms with Crippen LogP contribution in [0.1, 0.15) is 63.9 Å². The van der Waals surface area contributed by atoms with Gasteiger partial charge in [0.25, 0.3) is 0 Å². The number of rotatable bonds is 12. The Kier molecular flexibility index (Phi) is 9.34. The zero-order valence-electron chi connectivity index (χ0n) is 13.1. The summed E-state index contributed by atoms with van der Waals surface area (Å²) in [5, 5.41) is 8.60. The summed E-state index contributed by atoms with van der Waals surface area (Å²) < 4.78 is 5.19. The number of carbonyl (C=O) groups is 1. The summed E-state index contributed by atoms with van der Waals surface area (Å²) in [6.45, 7) is 1.97. The first-order chi connectivity index (χ1) is 10.2. The lowest BCUT2D eigenvalue weighted by atomic mass is 10.0. The molecule has 0 heterocycles. The molecule has 0 aliphatic carbocycles. The highest BCUT2D eigenvalue weighted by atomic mass is 16.5. The van der Waals surface area contributed by atoms with E-state index in [0.29, 0.717) is 5.75 Å². The van der Waals surface area contributed by atoms with Gasteiger partial charge in [-0.05, 0) is 30.5 Å². The molecule has 0 spiro atoms. The molecule has 3 heteroatoms. The van der Waals surface area contributed by atoms with E-state index in [9.17, 15) is 4.79 Å². The molecule has 0 saturated heterocycles. The van der Waals surface area contributed by atoms with Gasteiger partial charge in [-0.25, -0.2) is 4.79 Å². The van der Waals surface area contributed by atoms with Gasteiger partial charge >= 0.3 is 5.97 Å². The molecule has 3 nitrogen and oxygen atoms in total. The van der Waals surface area contributed by atoms with E-state index in [0.717, 1.165) is 6.42 Å². The quantitative estimate of drug-likeness (QED) is 0.561. The minimum atomic E-state index is -0.941. The first-order valence-electron chi connectivity index (χ1n) is 8.16. The van der Waals surface area contributed by atoms with E-state index in [1.807, 2.05) is 12.1 Å². The van der Waals surface area contributed by atoms with Crippen LogP contribution in [0.2, 0.25) is 0 Å². The molecule has 0 saturated carbocycles. The Morgan fingerprint density at radius 2 is 1.71 bits per heavy atom. The second-order valence-electron chi connectivity index (χ2n) is 5.55. The maximum absolute atomic E-state index is 10.5. The van der Waals surface area contributed by atoms with Gasteiger partial charge < -0.3 is 9.84 Å². The largest absolute Gasteiger partial charge is 0.482 e. The Bertz CT molecular complexity index is 401. The van der Waals surface area contributed by atoms with Crippen LogP contribution in [0.15, 0.2) is 24.3 Å². The Morgan fingerprint density at radius 1 is 1.05 bits per heavy atom. The minimum absolute atomic E-state index is 0.277. The summed E-state index contributed by atoms with van der Waals surface area (Å²) in [5.74, 6) is -0.294. The van der Waals surface area contributed by atoms with E-state index in [4.69, 9.17) is 9.84 Å². The second kappa shape index (κ2) is 11.2. The van der Waals surface area contributed by atoms with Gasteiger partial charge in [0.2, 0.25) is 0 Å². The normalized spacial score (nSPS) is 10.5. The first-order valence-corrected chi connectivity index (χ1v) is 8.16. The van der Waals surface area contributed by atoms with E-state index < -0.39 is 5.97 Å². The SMILES string of the molecule is CCCCCCCCCCc1cccc(OCC(=O)O)c1. The molecule has 1 aromatic rings. The van der Waals surface area contributed by atoms with Crippen LogP contribution in [-0.4, -0.2) is 17.7 Å². The number of unbranched alkanes of at least 4 members (excludes halogenated alkanes) is 7. The zero-order chi connectivity index (χ0) is 15.3. The monoisotopic (exact) mass is 292 g/mol. The fraction of sp³-hybridized carbons (Fsp3) is 0.611. The van der Waals surface area contributed by atoms with Gasteiger partial charge in [-0.15, -0.1) is 0 Å². The van der Waals surface area contributed by atoms with Gasteiger partial charge in [0, 0.05) is 0 Å². The van der Waals surface area contributed by atoms with Gasteiger partial charge in [0.15, 0.2) is 6.61 Å². The number of ether oxygens (including phenoxy) is 1. The summed E-state index contributed by atoms with van der Waals surface area (Å²) in [5.41, 5.74) is 1.23. The third-order valence-electron chi connectivity index (χ3n) is 3.58. The standard InChI is InChI=1S/C18H28O3/c1-2-3-4-5-6-7-8-9-11-16-12-10-13-17(14-16)21-15-18(19)20/h10,12-14H,2-9,11,15H2,1H3,(H,19,20). The highest BCUT2D eigenvalue weighted by molar-refractivity contribution is 5.68. The molecule has 0 aliphatic rings. The van der Waals surface area contributed by atoms with Gasteiger partial charge in [-0.3, -0.25) is 0 Å². The molecule has 0 fully saturated rings. The molecule has 0 unspecified atom stereocenters. The summed E-state index contributed by atoms with van der Waals surface area (Å²) in [4.78, 5) is 10.5. The molecule has 0 amide bonds. The molecular weight excluding hydrogens is 264 g/mol. The van der Waals surface area contributed by atoms with Crippen LogP contribution in [0.5, 0.6) is 5.75 Å². The maximum Gasteiger partial charge on any atom is 0.341 e. The summed E-state index contributed by atoms with van der Waals surface area (Å²) >= 11 is 0. The lowest BCUT2D eigenvalue weighted by Gasteiger charge is -2.06.